The second kappa shape index (κ2) is 8.71. The molecule has 0 radical (unpaired) electrons. The molecule has 1 aliphatic rings. The molecule has 5 heteroatoms. The van der Waals surface area contributed by atoms with E-state index in [-0.39, 0.29) is 19.3 Å². The molecule has 2 N–H and O–H groups in total. The van der Waals surface area contributed by atoms with Crippen LogP contribution < -0.4 is 0 Å². The second-order valence-corrected chi connectivity index (χ2v) is 5.99. The van der Waals surface area contributed by atoms with E-state index in [0.29, 0.717) is 18.2 Å². The van der Waals surface area contributed by atoms with E-state index in [1.807, 2.05) is 24.3 Å². The Bertz CT molecular complexity index is 430. The quantitative estimate of drug-likeness (QED) is 0.809. The predicted molar refractivity (Wildman–Crippen MR) is 83.4 cm³/mol. The smallest absolute Gasteiger partial charge is 0.0900 e. The summed E-state index contributed by atoms with van der Waals surface area (Å²) in [4.78, 5) is 2.16. The molecule has 1 unspecified atom stereocenters. The summed E-state index contributed by atoms with van der Waals surface area (Å²) in [6.07, 6.45) is 2.74. The number of β-amino-alcohol motifs (C(OH)–C–C–N with tert-alkyl or cyclic N) is 1. The van der Waals surface area contributed by atoms with Crippen LogP contribution in [0.4, 0.5) is 0 Å². The lowest BCUT2D eigenvalue weighted by atomic mass is 10.0. The number of hydrogen-bond acceptors (Lipinski definition) is 4. The molecule has 2 atom stereocenters. The van der Waals surface area contributed by atoms with Crippen molar-refractivity contribution in [2.45, 2.75) is 38.0 Å². The van der Waals surface area contributed by atoms with E-state index in [9.17, 15) is 10.2 Å². The Morgan fingerprint density at radius 3 is 2.90 bits per heavy atom. The molecule has 1 aliphatic heterocycles. The summed E-state index contributed by atoms with van der Waals surface area (Å²) >= 11 is 6.05. The third-order valence-electron chi connectivity index (χ3n) is 3.93. The molecule has 1 saturated heterocycles. The van der Waals surface area contributed by atoms with E-state index in [1.165, 1.54) is 0 Å². The summed E-state index contributed by atoms with van der Waals surface area (Å²) in [6, 6.07) is 7.72. The Kier molecular flexibility index (Phi) is 6.93. The zero-order valence-corrected chi connectivity index (χ0v) is 13.0. The van der Waals surface area contributed by atoms with Crippen molar-refractivity contribution in [2.75, 3.05) is 26.3 Å². The third-order valence-corrected chi connectivity index (χ3v) is 4.30. The van der Waals surface area contributed by atoms with E-state index in [2.05, 4.69) is 4.90 Å². The number of nitrogens with zero attached hydrogens (tertiary/aromatic N) is 1. The number of piperidine rings is 1. The molecular weight excluding hydrogens is 290 g/mol. The zero-order valence-electron chi connectivity index (χ0n) is 12.2. The van der Waals surface area contributed by atoms with Crippen LogP contribution in [0.2, 0.25) is 5.02 Å². The number of aliphatic hydroxyl groups is 2. The normalized spacial score (nSPS) is 21.4. The van der Waals surface area contributed by atoms with E-state index in [0.717, 1.165) is 31.4 Å². The average molecular weight is 314 g/mol. The van der Waals surface area contributed by atoms with Crippen molar-refractivity contribution in [1.29, 1.82) is 0 Å². The first kappa shape index (κ1) is 16.7. The Labute approximate surface area is 131 Å². The molecule has 0 amide bonds. The SMILES string of the molecule is OC[C@H]1CCCCN1CC(O)COCc1ccccc1Cl. The third kappa shape index (κ3) is 5.24. The van der Waals surface area contributed by atoms with Crippen LogP contribution in [-0.4, -0.2) is 53.6 Å². The fraction of sp³-hybridized carbons (Fsp3) is 0.625. The van der Waals surface area contributed by atoms with Crippen molar-refractivity contribution in [3.8, 4) is 0 Å². The van der Waals surface area contributed by atoms with Gasteiger partial charge in [0.2, 0.25) is 0 Å². The summed E-state index contributed by atoms with van der Waals surface area (Å²) in [5, 5.41) is 20.1. The number of ether oxygens (including phenoxy) is 1. The first-order valence-corrected chi connectivity index (χ1v) is 7.92. The molecule has 1 aromatic rings. The summed E-state index contributed by atoms with van der Waals surface area (Å²) < 4.78 is 5.55. The monoisotopic (exact) mass is 313 g/mol. The van der Waals surface area contributed by atoms with Crippen LogP contribution in [0.1, 0.15) is 24.8 Å². The van der Waals surface area contributed by atoms with Crippen molar-refractivity contribution in [1.82, 2.24) is 4.90 Å². The van der Waals surface area contributed by atoms with E-state index >= 15 is 0 Å². The van der Waals surface area contributed by atoms with Gasteiger partial charge in [0.1, 0.15) is 0 Å². The highest BCUT2D eigenvalue weighted by molar-refractivity contribution is 6.31. The van der Waals surface area contributed by atoms with Gasteiger partial charge in [-0.2, -0.15) is 0 Å². The number of halogens is 1. The highest BCUT2D eigenvalue weighted by atomic mass is 35.5. The maximum Gasteiger partial charge on any atom is 0.0900 e. The van der Waals surface area contributed by atoms with E-state index < -0.39 is 6.10 Å². The maximum absolute atomic E-state index is 10.1. The molecule has 0 saturated carbocycles. The lowest BCUT2D eigenvalue weighted by Crippen LogP contribution is -2.46. The van der Waals surface area contributed by atoms with Gasteiger partial charge < -0.3 is 14.9 Å². The highest BCUT2D eigenvalue weighted by Gasteiger charge is 2.23. The minimum atomic E-state index is -0.542. The second-order valence-electron chi connectivity index (χ2n) is 5.59. The van der Waals surface area contributed by atoms with Crippen molar-refractivity contribution in [2.24, 2.45) is 0 Å². The summed E-state index contributed by atoms with van der Waals surface area (Å²) in [7, 11) is 0. The van der Waals surface area contributed by atoms with Gasteiger partial charge in [0.05, 0.1) is 25.9 Å². The molecule has 1 heterocycles. The van der Waals surface area contributed by atoms with E-state index in [4.69, 9.17) is 16.3 Å². The van der Waals surface area contributed by atoms with Crippen LogP contribution in [0, 0.1) is 0 Å². The largest absolute Gasteiger partial charge is 0.395 e. The van der Waals surface area contributed by atoms with Crippen LogP contribution in [0.25, 0.3) is 0 Å². The number of aliphatic hydroxyl groups excluding tert-OH is 2. The van der Waals surface area contributed by atoms with Gasteiger partial charge in [-0.05, 0) is 31.0 Å². The standard InChI is InChI=1S/C16H24ClNO3/c17-16-7-2-1-5-13(16)11-21-12-15(20)9-18-8-4-3-6-14(18)10-19/h1-2,5,7,14-15,19-20H,3-4,6,8-12H2/t14-,15?/m1/s1. The van der Waals surface area contributed by atoms with Crippen LogP contribution in [0.15, 0.2) is 24.3 Å². The molecule has 0 aromatic heterocycles. The fourth-order valence-corrected chi connectivity index (χ4v) is 2.94. The molecule has 4 nitrogen and oxygen atoms in total. The van der Waals surface area contributed by atoms with Crippen molar-refractivity contribution < 1.29 is 14.9 Å². The van der Waals surface area contributed by atoms with Crippen molar-refractivity contribution >= 4 is 11.6 Å². The van der Waals surface area contributed by atoms with Crippen LogP contribution in [0.5, 0.6) is 0 Å². The molecule has 0 aliphatic carbocycles. The first-order chi connectivity index (χ1) is 10.2. The molecular formula is C16H24ClNO3. The minimum absolute atomic E-state index is 0.160. The van der Waals surface area contributed by atoms with Gasteiger partial charge in [0, 0.05) is 17.6 Å². The van der Waals surface area contributed by atoms with Gasteiger partial charge in [0.15, 0.2) is 0 Å². The molecule has 21 heavy (non-hydrogen) atoms. The molecule has 1 aromatic carbocycles. The van der Waals surface area contributed by atoms with Gasteiger partial charge in [-0.15, -0.1) is 0 Å². The zero-order chi connectivity index (χ0) is 15.1. The molecule has 0 spiro atoms. The minimum Gasteiger partial charge on any atom is -0.395 e. The summed E-state index contributed by atoms with van der Waals surface area (Å²) in [6.45, 7) is 2.33. The number of likely N-dealkylation sites (tertiary alicyclic amines) is 1. The summed E-state index contributed by atoms with van der Waals surface area (Å²) in [5.74, 6) is 0. The van der Waals surface area contributed by atoms with Gasteiger partial charge in [-0.25, -0.2) is 0 Å². The molecule has 2 rings (SSSR count). The summed E-state index contributed by atoms with van der Waals surface area (Å²) in [5.41, 5.74) is 0.928. The Balaban J connectivity index is 1.72. The van der Waals surface area contributed by atoms with Gasteiger partial charge in [0.25, 0.3) is 0 Å². The first-order valence-electron chi connectivity index (χ1n) is 7.55. The molecule has 118 valence electrons. The Morgan fingerprint density at radius 1 is 1.33 bits per heavy atom. The van der Waals surface area contributed by atoms with Gasteiger partial charge >= 0.3 is 0 Å². The van der Waals surface area contributed by atoms with Crippen LogP contribution in [0.3, 0.4) is 0 Å². The maximum atomic E-state index is 10.1. The van der Waals surface area contributed by atoms with Crippen LogP contribution >= 0.6 is 11.6 Å². The van der Waals surface area contributed by atoms with Gasteiger partial charge in [-0.1, -0.05) is 36.2 Å². The number of rotatable bonds is 7. The predicted octanol–water partition coefficient (Wildman–Crippen LogP) is 2.06. The topological polar surface area (TPSA) is 52.9 Å². The Hall–Kier alpha value is -0.650. The van der Waals surface area contributed by atoms with Gasteiger partial charge in [-0.3, -0.25) is 4.90 Å². The number of benzene rings is 1. The lowest BCUT2D eigenvalue weighted by molar-refractivity contribution is -0.0106. The fourth-order valence-electron chi connectivity index (χ4n) is 2.75. The number of hydrogen-bond donors (Lipinski definition) is 2. The van der Waals surface area contributed by atoms with E-state index in [1.54, 1.807) is 0 Å². The Morgan fingerprint density at radius 2 is 2.14 bits per heavy atom. The average Bonchev–Trinajstić information content (AvgIpc) is 2.50. The van der Waals surface area contributed by atoms with Crippen molar-refractivity contribution in [3.63, 3.8) is 0 Å². The lowest BCUT2D eigenvalue weighted by Gasteiger charge is -2.35. The van der Waals surface area contributed by atoms with Crippen molar-refractivity contribution in [3.05, 3.63) is 34.9 Å². The molecule has 1 fully saturated rings. The molecule has 0 bridgehead atoms. The highest BCUT2D eigenvalue weighted by Crippen LogP contribution is 2.18. The van der Waals surface area contributed by atoms with Crippen LogP contribution in [-0.2, 0) is 11.3 Å².